The van der Waals surface area contributed by atoms with Crippen molar-refractivity contribution in [3.8, 4) is 0 Å². The summed E-state index contributed by atoms with van der Waals surface area (Å²) in [6.45, 7) is 5.33. The van der Waals surface area contributed by atoms with Crippen LogP contribution in [-0.2, 0) is 23.6 Å². The topological polar surface area (TPSA) is 74.2 Å². The highest BCUT2D eigenvalue weighted by atomic mass is 31.2. The first-order chi connectivity index (χ1) is 6.24. The standard InChI is InChI=1S/C6H11O6P/c1-3-5-9-13(11-8)12-10-6(7)4-2/h4,8H,2-3,5H2,1H3. The van der Waals surface area contributed by atoms with Crippen LogP contribution in [0.25, 0.3) is 0 Å². The van der Waals surface area contributed by atoms with Crippen molar-refractivity contribution in [2.45, 2.75) is 13.3 Å². The second kappa shape index (κ2) is 8.10. The number of carbonyl (C=O) groups is 1. The predicted octanol–water partition coefficient (Wildman–Crippen LogP) is 1.79. The van der Waals surface area contributed by atoms with Crippen LogP contribution in [0.5, 0.6) is 0 Å². The van der Waals surface area contributed by atoms with Gasteiger partial charge in [0.15, 0.2) is 0 Å². The fraction of sp³-hybridized carbons (Fsp3) is 0.500. The third kappa shape index (κ3) is 6.62. The number of hydrogen-bond acceptors (Lipinski definition) is 6. The molecule has 0 aliphatic heterocycles. The molecule has 0 aromatic heterocycles. The summed E-state index contributed by atoms with van der Waals surface area (Å²) < 4.78 is 12.8. The minimum Gasteiger partial charge on any atom is -0.308 e. The summed E-state index contributed by atoms with van der Waals surface area (Å²) in [7, 11) is -2.04. The maximum Gasteiger partial charge on any atom is 0.404 e. The van der Waals surface area contributed by atoms with Crippen molar-refractivity contribution in [1.29, 1.82) is 0 Å². The van der Waals surface area contributed by atoms with E-state index in [4.69, 9.17) is 9.78 Å². The van der Waals surface area contributed by atoms with Gasteiger partial charge >= 0.3 is 14.6 Å². The Hall–Kier alpha value is -0.520. The molecule has 76 valence electrons. The van der Waals surface area contributed by atoms with Crippen LogP contribution >= 0.6 is 8.60 Å². The zero-order valence-corrected chi connectivity index (χ0v) is 8.03. The van der Waals surface area contributed by atoms with Crippen LogP contribution in [-0.4, -0.2) is 17.8 Å². The Morgan fingerprint density at radius 1 is 1.69 bits per heavy atom. The van der Waals surface area contributed by atoms with Crippen molar-refractivity contribution < 1.29 is 28.8 Å². The summed E-state index contributed by atoms with van der Waals surface area (Å²) in [5.74, 6) is -0.787. The summed E-state index contributed by atoms with van der Waals surface area (Å²) in [5.41, 5.74) is 0. The minimum atomic E-state index is -2.04. The van der Waals surface area contributed by atoms with Gasteiger partial charge in [0, 0.05) is 6.08 Å². The molecule has 1 unspecified atom stereocenters. The first-order valence-electron chi connectivity index (χ1n) is 3.50. The van der Waals surface area contributed by atoms with Crippen molar-refractivity contribution in [2.24, 2.45) is 0 Å². The van der Waals surface area contributed by atoms with E-state index in [1.54, 1.807) is 0 Å². The lowest BCUT2D eigenvalue weighted by Crippen LogP contribution is -2.01. The molecule has 0 rings (SSSR count). The first kappa shape index (κ1) is 12.5. The summed E-state index contributed by atoms with van der Waals surface area (Å²) in [6, 6.07) is 0. The zero-order chi connectivity index (χ0) is 10.1. The summed E-state index contributed by atoms with van der Waals surface area (Å²) >= 11 is 0. The molecule has 13 heavy (non-hydrogen) atoms. The Morgan fingerprint density at radius 3 is 2.85 bits per heavy atom. The van der Waals surface area contributed by atoms with Crippen molar-refractivity contribution in [2.75, 3.05) is 6.61 Å². The van der Waals surface area contributed by atoms with E-state index < -0.39 is 14.6 Å². The molecule has 0 bridgehead atoms. The summed E-state index contributed by atoms with van der Waals surface area (Å²) in [4.78, 5) is 14.6. The van der Waals surface area contributed by atoms with E-state index in [2.05, 4.69) is 20.8 Å². The van der Waals surface area contributed by atoms with Gasteiger partial charge in [-0.3, -0.25) is 4.89 Å². The zero-order valence-electron chi connectivity index (χ0n) is 7.13. The molecule has 0 saturated carbocycles. The van der Waals surface area contributed by atoms with E-state index in [0.29, 0.717) is 6.61 Å². The van der Waals surface area contributed by atoms with E-state index in [9.17, 15) is 4.79 Å². The molecule has 1 atom stereocenters. The van der Waals surface area contributed by atoms with Gasteiger partial charge in [-0.2, -0.15) is 4.67 Å². The van der Waals surface area contributed by atoms with Gasteiger partial charge < -0.3 is 4.52 Å². The van der Waals surface area contributed by atoms with Crippen LogP contribution in [0.15, 0.2) is 12.7 Å². The van der Waals surface area contributed by atoms with Gasteiger partial charge in [0.1, 0.15) is 0 Å². The third-order valence-corrected chi connectivity index (χ3v) is 1.54. The van der Waals surface area contributed by atoms with Crippen molar-refractivity contribution in [3.63, 3.8) is 0 Å². The quantitative estimate of drug-likeness (QED) is 0.299. The van der Waals surface area contributed by atoms with E-state index in [-0.39, 0.29) is 0 Å². The van der Waals surface area contributed by atoms with Crippen molar-refractivity contribution >= 4 is 14.6 Å². The Kier molecular flexibility index (Phi) is 7.77. The lowest BCUT2D eigenvalue weighted by molar-refractivity contribution is -0.236. The SMILES string of the molecule is C=CC(=O)OOP(OO)OCCC. The molecule has 0 spiro atoms. The monoisotopic (exact) mass is 210 g/mol. The van der Waals surface area contributed by atoms with Gasteiger partial charge in [-0.05, 0) is 6.42 Å². The Balaban J connectivity index is 3.58. The Bertz CT molecular complexity index is 161. The molecule has 7 heteroatoms. The number of rotatable bonds is 7. The molecule has 0 aromatic carbocycles. The van der Waals surface area contributed by atoms with Crippen LogP contribution < -0.4 is 0 Å². The fourth-order valence-corrected chi connectivity index (χ4v) is 0.909. The molecule has 0 aliphatic carbocycles. The average molecular weight is 210 g/mol. The van der Waals surface area contributed by atoms with E-state index in [1.165, 1.54) is 0 Å². The lowest BCUT2D eigenvalue weighted by Gasteiger charge is -2.08. The van der Waals surface area contributed by atoms with Crippen molar-refractivity contribution in [1.82, 2.24) is 0 Å². The highest BCUT2D eigenvalue weighted by molar-refractivity contribution is 7.41. The molecule has 0 radical (unpaired) electrons. The van der Waals surface area contributed by atoms with Gasteiger partial charge in [0.2, 0.25) is 0 Å². The maximum atomic E-state index is 10.5. The highest BCUT2D eigenvalue weighted by Crippen LogP contribution is 2.38. The van der Waals surface area contributed by atoms with Gasteiger partial charge in [-0.25, -0.2) is 10.1 Å². The predicted molar refractivity (Wildman–Crippen MR) is 44.3 cm³/mol. The molecule has 0 aromatic rings. The second-order valence-corrected chi connectivity index (χ2v) is 2.84. The highest BCUT2D eigenvalue weighted by Gasteiger charge is 2.15. The molecule has 0 fully saturated rings. The normalized spacial score (nSPS) is 12.2. The maximum absolute atomic E-state index is 10.5. The number of carbonyl (C=O) groups excluding carboxylic acids is 1. The smallest absolute Gasteiger partial charge is 0.308 e. The van der Waals surface area contributed by atoms with Crippen LogP contribution in [0.1, 0.15) is 13.3 Å². The van der Waals surface area contributed by atoms with Gasteiger partial charge in [-0.1, -0.05) is 18.2 Å². The van der Waals surface area contributed by atoms with Crippen LogP contribution in [0, 0.1) is 0 Å². The van der Waals surface area contributed by atoms with E-state index in [1.807, 2.05) is 6.92 Å². The van der Waals surface area contributed by atoms with Crippen LogP contribution in [0.4, 0.5) is 0 Å². The third-order valence-electron chi connectivity index (χ3n) is 0.814. The number of hydrogen-bond donors (Lipinski definition) is 1. The molecule has 1 N–H and O–H groups in total. The first-order valence-corrected chi connectivity index (χ1v) is 4.59. The molecule has 0 aliphatic rings. The van der Waals surface area contributed by atoms with Crippen LogP contribution in [0.2, 0.25) is 0 Å². The van der Waals surface area contributed by atoms with Gasteiger partial charge in [0.25, 0.3) is 0 Å². The minimum absolute atomic E-state index is 0.331. The van der Waals surface area contributed by atoms with Crippen molar-refractivity contribution in [3.05, 3.63) is 12.7 Å². The molecule has 0 heterocycles. The molecule has 0 saturated heterocycles. The fourth-order valence-electron chi connectivity index (χ4n) is 0.326. The van der Waals surface area contributed by atoms with Crippen LogP contribution in [0.3, 0.4) is 0 Å². The second-order valence-electron chi connectivity index (χ2n) is 1.82. The van der Waals surface area contributed by atoms with E-state index >= 15 is 0 Å². The largest absolute Gasteiger partial charge is 0.404 e. The summed E-state index contributed by atoms with van der Waals surface area (Å²) in [5, 5.41) is 8.20. The van der Waals surface area contributed by atoms with Gasteiger partial charge in [0.05, 0.1) is 6.61 Å². The molecule has 0 amide bonds. The average Bonchev–Trinajstić information content (AvgIpc) is 2.17. The lowest BCUT2D eigenvalue weighted by atomic mass is 10.5. The molecular weight excluding hydrogens is 199 g/mol. The van der Waals surface area contributed by atoms with Gasteiger partial charge in [-0.15, -0.1) is 0 Å². The summed E-state index contributed by atoms with van der Waals surface area (Å²) in [6.07, 6.45) is 1.63. The Morgan fingerprint density at radius 2 is 2.38 bits per heavy atom. The van der Waals surface area contributed by atoms with E-state index in [0.717, 1.165) is 12.5 Å². The molecule has 6 nitrogen and oxygen atoms in total. The Labute approximate surface area is 76.9 Å². The molecular formula is C6H11O6P.